The van der Waals surface area contributed by atoms with Gasteiger partial charge in [0, 0.05) is 11.1 Å². The Kier molecular flexibility index (Phi) is 8.03. The highest BCUT2D eigenvalue weighted by Gasteiger charge is 2.35. The van der Waals surface area contributed by atoms with E-state index in [0.717, 1.165) is 25.7 Å². The third-order valence-electron chi connectivity index (χ3n) is 7.22. The van der Waals surface area contributed by atoms with Crippen molar-refractivity contribution >= 4 is 50.8 Å². The van der Waals surface area contributed by atoms with Gasteiger partial charge in [-0.3, -0.25) is 0 Å². The van der Waals surface area contributed by atoms with Crippen molar-refractivity contribution in [2.24, 2.45) is 5.92 Å². The first-order chi connectivity index (χ1) is 18.6. The summed E-state index contributed by atoms with van der Waals surface area (Å²) >= 11 is 12.6. The average Bonchev–Trinajstić information content (AvgIpc) is 3.22. The number of nitrogens with one attached hydrogen (secondary N) is 1. The first-order valence-electron chi connectivity index (χ1n) is 12.8. The van der Waals surface area contributed by atoms with Gasteiger partial charge in [0.15, 0.2) is 9.84 Å². The number of rotatable bonds is 5. The SMILES string of the molecule is C[C@@H](NC(=O)Oc1c2c(nn1-c1ccc(Cl)cc1Cl)/C(=C/c1ccc(F)cc1)CS(=O)(=O)C2)C1CCCCC1. The van der Waals surface area contributed by atoms with Crippen molar-refractivity contribution in [2.75, 3.05) is 5.75 Å². The highest BCUT2D eigenvalue weighted by Crippen LogP contribution is 2.39. The quantitative estimate of drug-likeness (QED) is 0.350. The Hall–Kier alpha value is -2.88. The minimum atomic E-state index is -3.62. The summed E-state index contributed by atoms with van der Waals surface area (Å²) < 4.78 is 46.6. The topological polar surface area (TPSA) is 90.3 Å². The standard InChI is InChI=1S/C28H28Cl2FN3O4S/c1-17(19-5-3-2-4-6-19)32-28(35)38-27-23-16-39(36,37)15-20(13-18-7-10-22(31)11-8-18)26(23)33-34(27)25-12-9-21(29)14-24(25)30/h7-14,17,19H,2-6,15-16H2,1H3,(H,32,35)/b20-13+/t17-/m1/s1. The summed E-state index contributed by atoms with van der Waals surface area (Å²) in [6, 6.07) is 10.3. The summed E-state index contributed by atoms with van der Waals surface area (Å²) in [7, 11) is -3.62. The number of carbonyl (C=O) groups excluding carboxylic acids is 1. The number of benzene rings is 2. The lowest BCUT2D eigenvalue weighted by atomic mass is 9.85. The molecule has 0 spiro atoms. The molecular formula is C28H28Cl2FN3O4S. The van der Waals surface area contributed by atoms with Gasteiger partial charge in [0.25, 0.3) is 0 Å². The largest absolute Gasteiger partial charge is 0.414 e. The van der Waals surface area contributed by atoms with Gasteiger partial charge in [-0.05, 0) is 73.2 Å². The average molecular weight is 593 g/mol. The van der Waals surface area contributed by atoms with Gasteiger partial charge in [-0.1, -0.05) is 54.6 Å². The van der Waals surface area contributed by atoms with Crippen molar-refractivity contribution in [1.29, 1.82) is 0 Å². The van der Waals surface area contributed by atoms with Crippen molar-refractivity contribution < 1.29 is 22.3 Å². The molecule has 5 rings (SSSR count). The molecule has 2 aromatic carbocycles. The van der Waals surface area contributed by atoms with Gasteiger partial charge in [0.1, 0.15) is 5.82 Å². The summed E-state index contributed by atoms with van der Waals surface area (Å²) in [6.45, 7) is 1.95. The number of fused-ring (bicyclic) bond motifs is 1. The normalized spacial score (nSPS) is 18.9. The Morgan fingerprint density at radius 2 is 1.85 bits per heavy atom. The molecule has 1 N–H and O–H groups in total. The number of aromatic nitrogens is 2. The van der Waals surface area contributed by atoms with Gasteiger partial charge in [-0.15, -0.1) is 0 Å². The van der Waals surface area contributed by atoms with Crippen molar-refractivity contribution in [1.82, 2.24) is 15.1 Å². The molecule has 1 atom stereocenters. The van der Waals surface area contributed by atoms with Crippen LogP contribution in [0.3, 0.4) is 0 Å². The maximum absolute atomic E-state index is 13.5. The number of sulfone groups is 1. The Labute approximate surface area is 236 Å². The summed E-state index contributed by atoms with van der Waals surface area (Å²) in [6.07, 6.45) is 6.46. The molecular weight excluding hydrogens is 564 g/mol. The summed E-state index contributed by atoms with van der Waals surface area (Å²) in [5.74, 6) is -0.723. The molecule has 11 heteroatoms. The lowest BCUT2D eigenvalue weighted by Gasteiger charge is -2.28. The maximum Gasteiger partial charge on any atom is 0.414 e. The Morgan fingerprint density at radius 3 is 2.54 bits per heavy atom. The lowest BCUT2D eigenvalue weighted by molar-refractivity contribution is 0.183. The predicted molar refractivity (Wildman–Crippen MR) is 151 cm³/mol. The monoisotopic (exact) mass is 591 g/mol. The van der Waals surface area contributed by atoms with Crippen LogP contribution in [0.15, 0.2) is 42.5 Å². The van der Waals surface area contributed by atoms with E-state index in [1.807, 2.05) is 6.92 Å². The third-order valence-corrected chi connectivity index (χ3v) is 9.24. The van der Waals surface area contributed by atoms with Gasteiger partial charge >= 0.3 is 6.09 Å². The van der Waals surface area contributed by atoms with Gasteiger partial charge < -0.3 is 10.1 Å². The molecule has 0 radical (unpaired) electrons. The molecule has 0 bridgehead atoms. The van der Waals surface area contributed by atoms with E-state index < -0.39 is 21.7 Å². The van der Waals surface area contributed by atoms with Gasteiger partial charge in [-0.2, -0.15) is 9.78 Å². The minimum Gasteiger partial charge on any atom is -0.391 e. The van der Waals surface area contributed by atoms with E-state index in [9.17, 15) is 17.6 Å². The van der Waals surface area contributed by atoms with E-state index in [0.29, 0.717) is 33.5 Å². The van der Waals surface area contributed by atoms with Crippen LogP contribution in [0.2, 0.25) is 10.0 Å². The number of halogens is 3. The van der Waals surface area contributed by atoms with E-state index in [-0.39, 0.29) is 34.0 Å². The van der Waals surface area contributed by atoms with Gasteiger partial charge in [0.05, 0.1) is 33.5 Å². The van der Waals surface area contributed by atoms with E-state index in [4.69, 9.17) is 27.9 Å². The van der Waals surface area contributed by atoms with Crippen LogP contribution in [0.25, 0.3) is 17.3 Å². The van der Waals surface area contributed by atoms with Crippen LogP contribution in [-0.2, 0) is 15.6 Å². The smallest absolute Gasteiger partial charge is 0.391 e. The van der Waals surface area contributed by atoms with Crippen molar-refractivity contribution in [3.63, 3.8) is 0 Å². The molecule has 7 nitrogen and oxygen atoms in total. The van der Waals surface area contributed by atoms with Crippen LogP contribution >= 0.6 is 23.2 Å². The summed E-state index contributed by atoms with van der Waals surface area (Å²) in [5, 5.41) is 8.24. The fourth-order valence-electron chi connectivity index (χ4n) is 5.25. The molecule has 1 aliphatic carbocycles. The molecule has 0 unspecified atom stereocenters. The van der Waals surface area contributed by atoms with Crippen molar-refractivity contribution in [3.8, 4) is 11.6 Å². The second kappa shape index (κ2) is 11.3. The highest BCUT2D eigenvalue weighted by molar-refractivity contribution is 7.91. The van der Waals surface area contributed by atoms with Crippen LogP contribution in [0.1, 0.15) is 55.8 Å². The van der Waals surface area contributed by atoms with E-state index >= 15 is 0 Å². The maximum atomic E-state index is 13.5. The molecule has 1 aromatic heterocycles. The fourth-order valence-corrected chi connectivity index (χ4v) is 7.23. The Balaban J connectivity index is 1.57. The Bertz CT molecular complexity index is 1530. The third kappa shape index (κ3) is 6.31. The van der Waals surface area contributed by atoms with Crippen LogP contribution in [-0.4, -0.2) is 36.1 Å². The zero-order valence-electron chi connectivity index (χ0n) is 21.3. The van der Waals surface area contributed by atoms with E-state index in [1.165, 1.54) is 29.3 Å². The molecule has 0 saturated heterocycles. The molecule has 2 heterocycles. The number of amides is 1. The zero-order valence-corrected chi connectivity index (χ0v) is 23.6. The highest BCUT2D eigenvalue weighted by atomic mass is 35.5. The number of hydrogen-bond acceptors (Lipinski definition) is 5. The van der Waals surface area contributed by atoms with Crippen molar-refractivity contribution in [2.45, 2.75) is 50.8 Å². The molecule has 2 aliphatic rings. The lowest BCUT2D eigenvalue weighted by Crippen LogP contribution is -2.40. The van der Waals surface area contributed by atoms with Crippen molar-refractivity contribution in [3.05, 3.63) is 75.1 Å². The molecule has 3 aromatic rings. The molecule has 1 fully saturated rings. The summed E-state index contributed by atoms with van der Waals surface area (Å²) in [5.41, 5.74) is 1.99. The minimum absolute atomic E-state index is 0.0316. The van der Waals surface area contributed by atoms with Crippen LogP contribution in [0, 0.1) is 11.7 Å². The number of ether oxygens (including phenoxy) is 1. The van der Waals surface area contributed by atoms with Crippen LogP contribution < -0.4 is 10.1 Å². The molecule has 1 aliphatic heterocycles. The summed E-state index contributed by atoms with van der Waals surface area (Å²) in [4.78, 5) is 13.1. The number of hydrogen-bond donors (Lipinski definition) is 1. The first-order valence-corrected chi connectivity index (χ1v) is 15.4. The Morgan fingerprint density at radius 1 is 1.13 bits per heavy atom. The molecule has 206 valence electrons. The first kappa shape index (κ1) is 27.7. The molecule has 39 heavy (non-hydrogen) atoms. The molecule has 1 amide bonds. The van der Waals surface area contributed by atoms with Gasteiger partial charge in [0.2, 0.25) is 5.88 Å². The second-order valence-electron chi connectivity index (χ2n) is 10.1. The zero-order chi connectivity index (χ0) is 27.7. The van der Waals surface area contributed by atoms with Gasteiger partial charge in [-0.25, -0.2) is 17.6 Å². The second-order valence-corrected chi connectivity index (χ2v) is 13.0. The van der Waals surface area contributed by atoms with Crippen LogP contribution in [0.4, 0.5) is 9.18 Å². The molecule has 1 saturated carbocycles. The predicted octanol–water partition coefficient (Wildman–Crippen LogP) is 6.84. The van der Waals surface area contributed by atoms with E-state index in [1.54, 1.807) is 30.3 Å². The number of carbonyl (C=O) groups is 1. The number of nitrogens with zero attached hydrogens (tertiary/aromatic N) is 2. The fraction of sp³-hybridized carbons (Fsp3) is 0.357. The van der Waals surface area contributed by atoms with Crippen LogP contribution in [0.5, 0.6) is 5.88 Å². The van der Waals surface area contributed by atoms with E-state index in [2.05, 4.69) is 10.4 Å².